The molecular weight excluding hydrogens is 122 g/mol. The van der Waals surface area contributed by atoms with Crippen LogP contribution in [0.4, 0.5) is 0 Å². The van der Waals surface area contributed by atoms with Gasteiger partial charge in [0.25, 0.3) is 0 Å². The molecule has 0 radical (unpaired) electrons. The van der Waals surface area contributed by atoms with Crippen LogP contribution in [0, 0.1) is 0 Å². The van der Waals surface area contributed by atoms with Crippen LogP contribution in [0.15, 0.2) is 0 Å². The third-order valence-electron chi connectivity index (χ3n) is 0. The van der Waals surface area contributed by atoms with Crippen molar-refractivity contribution in [2.75, 3.05) is 0 Å². The second kappa shape index (κ2) is 23.1. The van der Waals surface area contributed by atoms with Crippen LogP contribution in [-0.4, -0.2) is 40.4 Å². The maximum atomic E-state index is 8.06. The summed E-state index contributed by atoms with van der Waals surface area (Å²) in [5.41, 5.74) is 0. The number of hydrogen-bond acceptors (Lipinski definition) is 1. The standard InChI is InChI=1S/Al.Mg.Mn.O.5H/q;+2;;;;;;2*-1. The predicted molar refractivity (Wildman–Crippen MR) is 18.6 cm³/mol. The van der Waals surface area contributed by atoms with Crippen LogP contribution in [0.3, 0.4) is 0 Å². The molecule has 1 nitrogen and oxygen atoms in total. The summed E-state index contributed by atoms with van der Waals surface area (Å²) in [7, 11) is 0. The van der Waals surface area contributed by atoms with Gasteiger partial charge in [0.05, 0.1) is 0 Å². The van der Waals surface area contributed by atoms with Crippen LogP contribution in [0.25, 0.3) is 0 Å². The van der Waals surface area contributed by atoms with Gasteiger partial charge in [-0.25, -0.2) is 0 Å². The van der Waals surface area contributed by atoms with E-state index >= 15 is 0 Å². The molecule has 0 rings (SSSR count). The van der Waals surface area contributed by atoms with Crippen molar-refractivity contribution >= 4 is 40.4 Å². The molecule has 0 fully saturated rings. The fourth-order valence-corrected chi connectivity index (χ4v) is 0. The van der Waals surface area contributed by atoms with Crippen LogP contribution in [0.5, 0.6) is 0 Å². The fraction of sp³-hybridized carbons (Fsp3) is 0. The van der Waals surface area contributed by atoms with Gasteiger partial charge < -0.3 is 2.85 Å². The van der Waals surface area contributed by atoms with E-state index in [-0.39, 0.29) is 43.3 Å². The van der Waals surface area contributed by atoms with Crippen LogP contribution in [-0.2, 0) is 19.8 Å². The topological polar surface area (TPSA) is 17.1 Å². The molecule has 0 aliphatic rings. The summed E-state index contributed by atoms with van der Waals surface area (Å²) < 4.78 is 8.06. The summed E-state index contributed by atoms with van der Waals surface area (Å²) >= 11 is 1.69. The molecule has 0 heterocycles. The molecular formula is H5AlMgMnO. The molecule has 0 aromatic rings. The van der Waals surface area contributed by atoms with Crippen molar-refractivity contribution in [3.05, 3.63) is 0 Å². The van der Waals surface area contributed by atoms with Gasteiger partial charge in [0.15, 0.2) is 17.4 Å². The van der Waals surface area contributed by atoms with Crippen molar-refractivity contribution in [1.29, 1.82) is 0 Å². The van der Waals surface area contributed by atoms with E-state index < -0.39 is 0 Å². The zero-order chi connectivity index (χ0) is 2.00. The Hall–Kier alpha value is 1.62. The van der Waals surface area contributed by atoms with E-state index in [4.69, 9.17) is 3.83 Å². The van der Waals surface area contributed by atoms with Gasteiger partial charge in [0.2, 0.25) is 0 Å². The monoisotopic (exact) mass is 127 g/mol. The molecule has 23 valence electrons. The first-order chi connectivity index (χ1) is 1.00. The zero-order valence-electron chi connectivity index (χ0n) is 3.49. The Bertz CT molecular complexity index is 13.5. The second-order valence-corrected chi connectivity index (χ2v) is 0. The molecule has 0 aromatic carbocycles. The van der Waals surface area contributed by atoms with Crippen LogP contribution in [0.1, 0.15) is 2.85 Å². The van der Waals surface area contributed by atoms with Crippen molar-refractivity contribution in [2.24, 2.45) is 0 Å². The van der Waals surface area contributed by atoms with Crippen molar-refractivity contribution < 1.29 is 22.6 Å². The van der Waals surface area contributed by atoms with Crippen molar-refractivity contribution in [1.82, 2.24) is 0 Å². The number of rotatable bonds is 0. The molecule has 0 spiro atoms. The molecule has 0 atom stereocenters. The Balaban J connectivity index is -0.000000000833. The Morgan fingerprint density at radius 2 is 1.50 bits per heavy atom. The normalized spacial score (nSPS) is 1.00. The summed E-state index contributed by atoms with van der Waals surface area (Å²) in [6.07, 6.45) is 0. The van der Waals surface area contributed by atoms with E-state index in [9.17, 15) is 0 Å². The van der Waals surface area contributed by atoms with E-state index in [1.165, 1.54) is 0 Å². The molecule has 0 unspecified atom stereocenters. The van der Waals surface area contributed by atoms with Gasteiger partial charge >= 0.3 is 42.8 Å². The molecule has 0 aromatic heterocycles. The van der Waals surface area contributed by atoms with Crippen molar-refractivity contribution in [3.8, 4) is 0 Å². The Labute approximate surface area is 62.8 Å². The first-order valence-corrected chi connectivity index (χ1v) is 0.636. The number of hydrogen-bond donors (Lipinski definition) is 0. The zero-order valence-corrected chi connectivity index (χ0v) is 4.09. The third-order valence-corrected chi connectivity index (χ3v) is 0. The van der Waals surface area contributed by atoms with Crippen LogP contribution >= 0.6 is 0 Å². The Kier molecular flexibility index (Phi) is 101. The third kappa shape index (κ3) is 9.47. The summed E-state index contributed by atoms with van der Waals surface area (Å²) in [6.45, 7) is 0. The second-order valence-electron chi connectivity index (χ2n) is 0. The SMILES string of the molecule is [AlH3].[H-].[H-].[Mg+2].[O]=[Mn]. The van der Waals surface area contributed by atoms with Gasteiger partial charge in [-0.1, -0.05) is 0 Å². The molecule has 0 saturated carbocycles. The van der Waals surface area contributed by atoms with Gasteiger partial charge in [-0.3, -0.25) is 0 Å². The van der Waals surface area contributed by atoms with Crippen molar-refractivity contribution in [2.45, 2.75) is 0 Å². The summed E-state index contributed by atoms with van der Waals surface area (Å²) in [5, 5.41) is 0. The average molecular weight is 127 g/mol. The van der Waals surface area contributed by atoms with Gasteiger partial charge in [-0.05, 0) is 0 Å². The van der Waals surface area contributed by atoms with Gasteiger partial charge in [-0.2, -0.15) is 0 Å². The minimum absolute atomic E-state index is 0. The molecule has 4 heteroatoms. The van der Waals surface area contributed by atoms with Gasteiger partial charge in [0, 0.05) is 0 Å². The maximum absolute atomic E-state index is 8.06. The first-order valence-electron chi connectivity index (χ1n) is 0.154. The van der Waals surface area contributed by atoms with E-state index in [0.29, 0.717) is 0 Å². The van der Waals surface area contributed by atoms with Gasteiger partial charge in [-0.15, -0.1) is 0 Å². The molecule has 0 aliphatic carbocycles. The van der Waals surface area contributed by atoms with Crippen LogP contribution < -0.4 is 0 Å². The van der Waals surface area contributed by atoms with Crippen LogP contribution in [0.2, 0.25) is 0 Å². The summed E-state index contributed by atoms with van der Waals surface area (Å²) in [4.78, 5) is 0. The molecule has 0 amide bonds. The summed E-state index contributed by atoms with van der Waals surface area (Å²) in [6, 6.07) is 0. The summed E-state index contributed by atoms with van der Waals surface area (Å²) in [5.74, 6) is 0. The Morgan fingerprint density at radius 1 is 1.50 bits per heavy atom. The van der Waals surface area contributed by atoms with Crippen molar-refractivity contribution in [3.63, 3.8) is 0 Å². The van der Waals surface area contributed by atoms with E-state index in [0.717, 1.165) is 0 Å². The predicted octanol–water partition coefficient (Wildman–Crippen LogP) is -1.46. The molecule has 4 heavy (non-hydrogen) atoms. The quantitative estimate of drug-likeness (QED) is 0.363. The van der Waals surface area contributed by atoms with E-state index in [1.54, 1.807) is 15.9 Å². The molecule has 0 bridgehead atoms. The van der Waals surface area contributed by atoms with E-state index in [2.05, 4.69) is 0 Å². The average Bonchev–Trinajstić information content (AvgIpc) is 1.00. The minimum atomic E-state index is 0. The fourth-order valence-electron chi connectivity index (χ4n) is 0. The Morgan fingerprint density at radius 3 is 1.50 bits per heavy atom. The van der Waals surface area contributed by atoms with Gasteiger partial charge in [0.1, 0.15) is 0 Å². The first kappa shape index (κ1) is 17.5. The molecule has 0 N–H and O–H groups in total. The molecule has 0 aliphatic heterocycles. The molecule has 0 saturated heterocycles. The van der Waals surface area contributed by atoms with E-state index in [1.807, 2.05) is 0 Å².